The molecule has 2 aromatic rings. The van der Waals surface area contributed by atoms with Gasteiger partial charge < -0.3 is 5.32 Å². The molecule has 1 N–H and O–H groups in total. The molecule has 0 atom stereocenters. The average Bonchev–Trinajstić information content (AvgIpc) is 2.59. The zero-order chi connectivity index (χ0) is 17.7. The minimum absolute atomic E-state index is 0.117. The van der Waals surface area contributed by atoms with Crippen LogP contribution >= 0.6 is 0 Å². The van der Waals surface area contributed by atoms with Crippen LogP contribution in [-0.4, -0.2) is 31.7 Å². The van der Waals surface area contributed by atoms with Crippen LogP contribution in [0.5, 0.6) is 0 Å². The third-order valence-corrected chi connectivity index (χ3v) is 5.83. The summed E-state index contributed by atoms with van der Waals surface area (Å²) >= 11 is 0. The second kappa shape index (κ2) is 7.59. The second-order valence-electron chi connectivity index (χ2n) is 5.81. The number of carbonyl (C=O) groups is 1. The molecule has 0 aliphatic carbocycles. The Balaban J connectivity index is 2.16. The minimum Gasteiger partial charge on any atom is -0.348 e. The highest BCUT2D eigenvalue weighted by molar-refractivity contribution is 7.89. The van der Waals surface area contributed by atoms with Crippen LogP contribution in [0.15, 0.2) is 59.5 Å². The van der Waals surface area contributed by atoms with Gasteiger partial charge in [0, 0.05) is 25.2 Å². The first-order valence-corrected chi connectivity index (χ1v) is 9.16. The van der Waals surface area contributed by atoms with Crippen molar-refractivity contribution in [2.24, 2.45) is 0 Å². The number of sulfonamides is 1. The van der Waals surface area contributed by atoms with Crippen LogP contribution in [-0.2, 0) is 16.6 Å². The van der Waals surface area contributed by atoms with Gasteiger partial charge in [0.15, 0.2) is 0 Å². The molecule has 128 valence electrons. The Bertz CT molecular complexity index is 802. The van der Waals surface area contributed by atoms with E-state index >= 15 is 0 Å². The first kappa shape index (κ1) is 18.2. The van der Waals surface area contributed by atoms with Crippen molar-refractivity contribution in [3.63, 3.8) is 0 Å². The van der Waals surface area contributed by atoms with Crippen molar-refractivity contribution >= 4 is 15.9 Å². The van der Waals surface area contributed by atoms with E-state index in [1.165, 1.54) is 23.5 Å². The van der Waals surface area contributed by atoms with Gasteiger partial charge in [-0.15, -0.1) is 0 Å². The fourth-order valence-corrected chi connectivity index (χ4v) is 3.54. The van der Waals surface area contributed by atoms with Crippen LogP contribution in [0.4, 0.5) is 0 Å². The molecule has 0 heterocycles. The fraction of sp³-hybridized carbons (Fsp3) is 0.278. The maximum atomic E-state index is 12.5. The van der Waals surface area contributed by atoms with Crippen molar-refractivity contribution in [2.45, 2.75) is 31.3 Å². The lowest BCUT2D eigenvalue weighted by molar-refractivity contribution is 0.0950. The largest absolute Gasteiger partial charge is 0.348 e. The monoisotopic (exact) mass is 346 g/mol. The summed E-state index contributed by atoms with van der Waals surface area (Å²) in [7, 11) is -2.08. The molecule has 0 saturated heterocycles. The molecule has 6 heteroatoms. The SMILES string of the molecule is CC(C)N(C)S(=O)(=O)c1cccc(C(=O)NCc2ccccc2)c1. The van der Waals surface area contributed by atoms with E-state index in [4.69, 9.17) is 0 Å². The normalized spacial score (nSPS) is 11.7. The molecule has 24 heavy (non-hydrogen) atoms. The molecule has 2 aromatic carbocycles. The highest BCUT2D eigenvalue weighted by atomic mass is 32.2. The number of nitrogens with zero attached hydrogens (tertiary/aromatic N) is 1. The van der Waals surface area contributed by atoms with Gasteiger partial charge in [-0.1, -0.05) is 36.4 Å². The molecule has 0 spiro atoms. The average molecular weight is 346 g/mol. The van der Waals surface area contributed by atoms with Crippen molar-refractivity contribution in [3.05, 3.63) is 65.7 Å². The molecule has 0 bridgehead atoms. The molecular weight excluding hydrogens is 324 g/mol. The summed E-state index contributed by atoms with van der Waals surface area (Å²) in [4.78, 5) is 12.4. The third kappa shape index (κ3) is 4.21. The maximum absolute atomic E-state index is 12.5. The summed E-state index contributed by atoms with van der Waals surface area (Å²) in [6.07, 6.45) is 0. The molecule has 2 rings (SSSR count). The lowest BCUT2D eigenvalue weighted by Crippen LogP contribution is -2.33. The van der Waals surface area contributed by atoms with Gasteiger partial charge in [0.1, 0.15) is 0 Å². The molecule has 0 aliphatic rings. The van der Waals surface area contributed by atoms with Crippen molar-refractivity contribution in [1.29, 1.82) is 0 Å². The van der Waals surface area contributed by atoms with E-state index in [-0.39, 0.29) is 16.8 Å². The summed E-state index contributed by atoms with van der Waals surface area (Å²) in [5.74, 6) is -0.303. The highest BCUT2D eigenvalue weighted by Gasteiger charge is 2.23. The quantitative estimate of drug-likeness (QED) is 0.874. The van der Waals surface area contributed by atoms with Gasteiger partial charge in [0.25, 0.3) is 5.91 Å². The van der Waals surface area contributed by atoms with Gasteiger partial charge in [0.05, 0.1) is 4.90 Å². The molecule has 0 aromatic heterocycles. The Morgan fingerprint density at radius 1 is 1.08 bits per heavy atom. The standard InChI is InChI=1S/C18H22N2O3S/c1-14(2)20(3)24(22,23)17-11-7-10-16(12-17)18(21)19-13-15-8-5-4-6-9-15/h4-12,14H,13H2,1-3H3,(H,19,21). The van der Waals surface area contributed by atoms with Gasteiger partial charge in [0.2, 0.25) is 10.0 Å². The topological polar surface area (TPSA) is 66.5 Å². The zero-order valence-electron chi connectivity index (χ0n) is 14.1. The number of carbonyl (C=O) groups excluding carboxylic acids is 1. The molecular formula is C18H22N2O3S. The number of hydrogen-bond donors (Lipinski definition) is 1. The van der Waals surface area contributed by atoms with Gasteiger partial charge in [-0.2, -0.15) is 4.31 Å². The Hall–Kier alpha value is -2.18. The molecule has 0 radical (unpaired) electrons. The Kier molecular flexibility index (Phi) is 5.75. The summed E-state index contributed by atoms with van der Waals surface area (Å²) in [5, 5.41) is 2.80. The molecule has 1 amide bonds. The predicted octanol–water partition coefficient (Wildman–Crippen LogP) is 2.65. The highest BCUT2D eigenvalue weighted by Crippen LogP contribution is 2.18. The van der Waals surface area contributed by atoms with Crippen LogP contribution in [0, 0.1) is 0 Å². The maximum Gasteiger partial charge on any atom is 0.251 e. The van der Waals surface area contributed by atoms with E-state index in [0.29, 0.717) is 12.1 Å². The van der Waals surface area contributed by atoms with Crippen molar-refractivity contribution in [2.75, 3.05) is 7.05 Å². The van der Waals surface area contributed by atoms with Crippen molar-refractivity contribution in [1.82, 2.24) is 9.62 Å². The minimum atomic E-state index is -3.61. The second-order valence-corrected chi connectivity index (χ2v) is 7.81. The van der Waals surface area contributed by atoms with Crippen LogP contribution in [0.25, 0.3) is 0 Å². The van der Waals surface area contributed by atoms with Gasteiger partial charge in [-0.05, 0) is 37.6 Å². The Labute approximate surface area is 143 Å². The lowest BCUT2D eigenvalue weighted by Gasteiger charge is -2.21. The molecule has 0 unspecified atom stereocenters. The molecule has 0 saturated carbocycles. The van der Waals surface area contributed by atoms with Gasteiger partial charge in [-0.3, -0.25) is 4.79 Å². The first-order valence-electron chi connectivity index (χ1n) is 7.72. The van der Waals surface area contributed by atoms with Crippen molar-refractivity contribution < 1.29 is 13.2 Å². The predicted molar refractivity (Wildman–Crippen MR) is 94.1 cm³/mol. The van der Waals surface area contributed by atoms with Crippen molar-refractivity contribution in [3.8, 4) is 0 Å². The Morgan fingerprint density at radius 3 is 2.38 bits per heavy atom. The number of amides is 1. The summed E-state index contributed by atoms with van der Waals surface area (Å²) in [6.45, 7) is 3.99. The molecule has 0 fully saturated rings. The zero-order valence-corrected chi connectivity index (χ0v) is 14.9. The molecule has 0 aliphatic heterocycles. The van der Waals surface area contributed by atoms with Gasteiger partial charge >= 0.3 is 0 Å². The summed E-state index contributed by atoms with van der Waals surface area (Å²) in [6, 6.07) is 15.5. The molecule has 5 nitrogen and oxygen atoms in total. The lowest BCUT2D eigenvalue weighted by atomic mass is 10.2. The number of rotatable bonds is 6. The van der Waals surface area contributed by atoms with Crippen LogP contribution in [0.3, 0.4) is 0 Å². The summed E-state index contributed by atoms with van der Waals surface area (Å²) < 4.78 is 26.3. The number of hydrogen-bond acceptors (Lipinski definition) is 3. The van der Waals surface area contributed by atoms with Crippen LogP contribution in [0.1, 0.15) is 29.8 Å². The number of nitrogens with one attached hydrogen (secondary N) is 1. The third-order valence-electron chi connectivity index (χ3n) is 3.80. The first-order chi connectivity index (χ1) is 11.3. The van der Waals surface area contributed by atoms with Crippen LogP contribution < -0.4 is 5.32 Å². The smallest absolute Gasteiger partial charge is 0.251 e. The van der Waals surface area contributed by atoms with E-state index in [1.807, 2.05) is 30.3 Å². The van der Waals surface area contributed by atoms with E-state index in [2.05, 4.69) is 5.32 Å². The van der Waals surface area contributed by atoms with Gasteiger partial charge in [-0.25, -0.2) is 8.42 Å². The number of benzene rings is 2. The Morgan fingerprint density at radius 2 is 1.75 bits per heavy atom. The summed E-state index contributed by atoms with van der Waals surface area (Å²) in [5.41, 5.74) is 1.30. The fourth-order valence-electron chi connectivity index (χ4n) is 2.12. The van der Waals surface area contributed by atoms with E-state index < -0.39 is 10.0 Å². The van der Waals surface area contributed by atoms with E-state index in [9.17, 15) is 13.2 Å². The van der Waals surface area contributed by atoms with Crippen LogP contribution in [0.2, 0.25) is 0 Å². The van der Waals surface area contributed by atoms with E-state index in [0.717, 1.165) is 5.56 Å². The van der Waals surface area contributed by atoms with E-state index in [1.54, 1.807) is 26.0 Å².